The molecule has 3 nitrogen and oxygen atoms in total. The first-order chi connectivity index (χ1) is 6.77. The van der Waals surface area contributed by atoms with Gasteiger partial charge in [0.15, 0.2) is 11.6 Å². The van der Waals surface area contributed by atoms with Gasteiger partial charge in [0.25, 0.3) is 0 Å². The van der Waals surface area contributed by atoms with Crippen molar-refractivity contribution in [3.8, 4) is 0 Å². The Balaban J connectivity index is 1.99. The molecule has 0 aromatic carbocycles. The second-order valence-electron chi connectivity index (χ2n) is 4.01. The first-order valence-electron chi connectivity index (χ1n) is 5.17. The molecule has 1 fully saturated rings. The van der Waals surface area contributed by atoms with Crippen LogP contribution < -0.4 is 5.73 Å². The Bertz CT molecular complexity index is 305. The minimum atomic E-state index is 0.317. The number of aromatic nitrogens is 1. The fourth-order valence-electron chi connectivity index (χ4n) is 2.11. The molecule has 2 rings (SSSR count). The third-order valence-corrected chi connectivity index (χ3v) is 3.33. The van der Waals surface area contributed by atoms with E-state index in [4.69, 9.17) is 21.9 Å². The minimum Gasteiger partial charge on any atom is -0.380 e. The Morgan fingerprint density at radius 3 is 2.64 bits per heavy atom. The van der Waals surface area contributed by atoms with E-state index in [9.17, 15) is 0 Å². The summed E-state index contributed by atoms with van der Waals surface area (Å²) in [5, 5.41) is 4.16. The Hall–Kier alpha value is -0.700. The van der Waals surface area contributed by atoms with Gasteiger partial charge in [-0.3, -0.25) is 0 Å². The lowest BCUT2D eigenvalue weighted by Gasteiger charge is -2.19. The number of nitrogens with two attached hydrogens (primary N) is 1. The zero-order valence-electron chi connectivity index (χ0n) is 8.13. The standard InChI is InChI=1S/C10H15ClN2O/c11-9-8(14-13-10(9)12)6-7-4-2-1-3-5-7/h7H,1-6H2,(H2,12,13). The number of nitrogens with zero attached hydrogens (tertiary/aromatic N) is 1. The van der Waals surface area contributed by atoms with Crippen molar-refractivity contribution >= 4 is 17.4 Å². The molecule has 0 saturated heterocycles. The van der Waals surface area contributed by atoms with Crippen LogP contribution in [0.25, 0.3) is 0 Å². The van der Waals surface area contributed by atoms with Gasteiger partial charge in [-0.2, -0.15) is 0 Å². The molecule has 1 aromatic rings. The van der Waals surface area contributed by atoms with E-state index in [-0.39, 0.29) is 0 Å². The van der Waals surface area contributed by atoms with Crippen LogP contribution in [-0.4, -0.2) is 5.16 Å². The minimum absolute atomic E-state index is 0.317. The first kappa shape index (κ1) is 9.84. The van der Waals surface area contributed by atoms with Gasteiger partial charge in [0.05, 0.1) is 0 Å². The summed E-state index contributed by atoms with van der Waals surface area (Å²) in [4.78, 5) is 0. The van der Waals surface area contributed by atoms with E-state index in [2.05, 4.69) is 5.16 Å². The van der Waals surface area contributed by atoms with Crippen LogP contribution in [0.2, 0.25) is 5.02 Å². The number of halogens is 1. The molecule has 1 aromatic heterocycles. The second-order valence-corrected chi connectivity index (χ2v) is 4.39. The van der Waals surface area contributed by atoms with Gasteiger partial charge in [-0.25, -0.2) is 0 Å². The molecule has 0 radical (unpaired) electrons. The third-order valence-electron chi connectivity index (χ3n) is 2.92. The fraction of sp³-hybridized carbons (Fsp3) is 0.700. The molecular weight excluding hydrogens is 200 g/mol. The Morgan fingerprint density at radius 1 is 1.36 bits per heavy atom. The van der Waals surface area contributed by atoms with E-state index < -0.39 is 0 Å². The molecule has 0 unspecified atom stereocenters. The molecule has 0 bridgehead atoms. The number of rotatable bonds is 2. The van der Waals surface area contributed by atoms with Gasteiger partial charge in [-0.1, -0.05) is 48.9 Å². The van der Waals surface area contributed by atoms with Crippen LogP contribution in [0.5, 0.6) is 0 Å². The molecule has 0 atom stereocenters. The normalized spacial score (nSPS) is 18.6. The van der Waals surface area contributed by atoms with E-state index in [1.54, 1.807) is 0 Å². The first-order valence-corrected chi connectivity index (χ1v) is 5.54. The predicted octanol–water partition coefficient (Wildman–Crippen LogP) is 3.03. The van der Waals surface area contributed by atoms with Crippen LogP contribution in [0.3, 0.4) is 0 Å². The molecule has 0 aliphatic heterocycles. The summed E-state index contributed by atoms with van der Waals surface area (Å²) in [5.74, 6) is 1.78. The van der Waals surface area contributed by atoms with Crippen LogP contribution in [0, 0.1) is 5.92 Å². The molecule has 78 valence electrons. The largest absolute Gasteiger partial charge is 0.380 e. The average Bonchev–Trinajstić information content (AvgIpc) is 2.52. The van der Waals surface area contributed by atoms with Crippen molar-refractivity contribution in [1.29, 1.82) is 0 Å². The lowest BCUT2D eigenvalue weighted by atomic mass is 9.86. The van der Waals surface area contributed by atoms with E-state index in [0.717, 1.165) is 12.2 Å². The highest BCUT2D eigenvalue weighted by Gasteiger charge is 2.19. The van der Waals surface area contributed by atoms with Crippen molar-refractivity contribution in [1.82, 2.24) is 5.16 Å². The van der Waals surface area contributed by atoms with E-state index >= 15 is 0 Å². The lowest BCUT2D eigenvalue weighted by Crippen LogP contribution is -2.08. The number of hydrogen-bond acceptors (Lipinski definition) is 3. The number of nitrogen functional groups attached to an aromatic ring is 1. The van der Waals surface area contributed by atoms with Crippen LogP contribution in [0.1, 0.15) is 37.9 Å². The summed E-state index contributed by atoms with van der Waals surface area (Å²) in [5.41, 5.74) is 5.51. The summed E-state index contributed by atoms with van der Waals surface area (Å²) in [6.07, 6.45) is 7.46. The Labute approximate surface area is 88.6 Å². The highest BCUT2D eigenvalue weighted by atomic mass is 35.5. The van der Waals surface area contributed by atoms with E-state index in [0.29, 0.717) is 16.8 Å². The molecular formula is C10H15ClN2O. The van der Waals surface area contributed by atoms with Crippen LogP contribution >= 0.6 is 11.6 Å². The second kappa shape index (κ2) is 4.22. The topological polar surface area (TPSA) is 52.0 Å². The average molecular weight is 215 g/mol. The van der Waals surface area contributed by atoms with Gasteiger partial charge in [0, 0.05) is 6.42 Å². The number of hydrogen-bond donors (Lipinski definition) is 1. The van der Waals surface area contributed by atoms with Gasteiger partial charge in [0.2, 0.25) is 0 Å². The molecule has 1 heterocycles. The smallest absolute Gasteiger partial charge is 0.185 e. The lowest BCUT2D eigenvalue weighted by molar-refractivity contribution is 0.310. The maximum atomic E-state index is 5.95. The zero-order valence-corrected chi connectivity index (χ0v) is 8.89. The van der Waals surface area contributed by atoms with Gasteiger partial charge >= 0.3 is 0 Å². The van der Waals surface area contributed by atoms with E-state index in [1.165, 1.54) is 32.1 Å². The third kappa shape index (κ3) is 2.03. The van der Waals surface area contributed by atoms with Crippen molar-refractivity contribution in [2.45, 2.75) is 38.5 Å². The summed E-state index contributed by atoms with van der Waals surface area (Å²) >= 11 is 5.95. The molecule has 0 amide bonds. The van der Waals surface area contributed by atoms with Gasteiger partial charge in [0.1, 0.15) is 5.02 Å². The molecule has 1 aliphatic carbocycles. The summed E-state index contributed by atoms with van der Waals surface area (Å²) in [6, 6.07) is 0. The molecule has 2 N–H and O–H groups in total. The maximum absolute atomic E-state index is 5.95. The quantitative estimate of drug-likeness (QED) is 0.824. The van der Waals surface area contributed by atoms with Crippen molar-refractivity contribution in [3.05, 3.63) is 10.8 Å². The summed E-state index contributed by atoms with van der Waals surface area (Å²) in [7, 11) is 0. The van der Waals surface area contributed by atoms with E-state index in [1.807, 2.05) is 0 Å². The maximum Gasteiger partial charge on any atom is 0.185 e. The molecule has 1 aliphatic rings. The fourth-order valence-corrected chi connectivity index (χ4v) is 2.25. The molecule has 4 heteroatoms. The van der Waals surface area contributed by atoms with Crippen LogP contribution in [-0.2, 0) is 6.42 Å². The van der Waals surface area contributed by atoms with Crippen LogP contribution in [0.4, 0.5) is 5.82 Å². The van der Waals surface area contributed by atoms with Crippen LogP contribution in [0.15, 0.2) is 4.52 Å². The number of anilines is 1. The highest BCUT2D eigenvalue weighted by Crippen LogP contribution is 2.31. The van der Waals surface area contributed by atoms with Gasteiger partial charge in [-0.15, -0.1) is 0 Å². The Morgan fingerprint density at radius 2 is 2.07 bits per heavy atom. The molecule has 1 saturated carbocycles. The molecule has 0 spiro atoms. The van der Waals surface area contributed by atoms with Gasteiger partial charge < -0.3 is 10.3 Å². The summed E-state index contributed by atoms with van der Waals surface area (Å²) in [6.45, 7) is 0. The predicted molar refractivity (Wildman–Crippen MR) is 56.2 cm³/mol. The SMILES string of the molecule is Nc1noc(CC2CCCCC2)c1Cl. The van der Waals surface area contributed by atoms with Crippen molar-refractivity contribution in [3.63, 3.8) is 0 Å². The Kier molecular flexibility index (Phi) is 2.96. The monoisotopic (exact) mass is 214 g/mol. The van der Waals surface area contributed by atoms with Gasteiger partial charge in [-0.05, 0) is 5.92 Å². The highest BCUT2D eigenvalue weighted by molar-refractivity contribution is 6.33. The molecule has 14 heavy (non-hydrogen) atoms. The zero-order chi connectivity index (χ0) is 9.97. The summed E-state index contributed by atoms with van der Waals surface area (Å²) < 4.78 is 5.09. The van der Waals surface area contributed by atoms with Crippen molar-refractivity contribution in [2.24, 2.45) is 5.92 Å². The van der Waals surface area contributed by atoms with Crippen molar-refractivity contribution < 1.29 is 4.52 Å². The van der Waals surface area contributed by atoms with Crippen molar-refractivity contribution in [2.75, 3.05) is 5.73 Å².